The van der Waals surface area contributed by atoms with Crippen LogP contribution in [0.2, 0.25) is 5.02 Å². The van der Waals surface area contributed by atoms with Crippen LogP contribution in [0, 0.1) is 12.8 Å². The van der Waals surface area contributed by atoms with Gasteiger partial charge in [0.25, 0.3) is 0 Å². The SMILES string of the molecule is Cc1cc(Cl)c(OCC2CC2)c(CC(C)(C)N)c1. The van der Waals surface area contributed by atoms with Crippen LogP contribution in [0.15, 0.2) is 12.1 Å². The van der Waals surface area contributed by atoms with Gasteiger partial charge < -0.3 is 10.5 Å². The molecule has 1 aliphatic rings. The molecule has 2 nitrogen and oxygen atoms in total. The van der Waals surface area contributed by atoms with Crippen LogP contribution in [0.1, 0.15) is 37.8 Å². The fourth-order valence-electron chi connectivity index (χ4n) is 2.07. The predicted octanol–water partition coefficient (Wildman–Crippen LogP) is 3.72. The third-order valence-electron chi connectivity index (χ3n) is 3.07. The number of halogens is 1. The zero-order chi connectivity index (χ0) is 13.3. The number of hydrogen-bond acceptors (Lipinski definition) is 2. The third kappa shape index (κ3) is 3.89. The second-order valence-electron chi connectivity index (χ2n) is 6.15. The molecule has 0 aromatic heterocycles. The molecule has 0 unspecified atom stereocenters. The van der Waals surface area contributed by atoms with Crippen molar-refractivity contribution in [2.45, 2.75) is 45.6 Å². The van der Waals surface area contributed by atoms with Gasteiger partial charge in [0, 0.05) is 5.54 Å². The van der Waals surface area contributed by atoms with Gasteiger partial charge in [-0.25, -0.2) is 0 Å². The maximum absolute atomic E-state index is 6.30. The molecule has 18 heavy (non-hydrogen) atoms. The Hall–Kier alpha value is -0.730. The van der Waals surface area contributed by atoms with Gasteiger partial charge in [0.2, 0.25) is 0 Å². The molecule has 3 heteroatoms. The first kappa shape index (κ1) is 13.7. The molecule has 2 N–H and O–H groups in total. The Labute approximate surface area is 114 Å². The van der Waals surface area contributed by atoms with Gasteiger partial charge >= 0.3 is 0 Å². The summed E-state index contributed by atoms with van der Waals surface area (Å²) in [5.41, 5.74) is 8.12. The fraction of sp³-hybridized carbons (Fsp3) is 0.600. The minimum atomic E-state index is -0.255. The molecule has 0 heterocycles. The summed E-state index contributed by atoms with van der Waals surface area (Å²) in [5.74, 6) is 1.55. The van der Waals surface area contributed by atoms with E-state index in [1.807, 2.05) is 26.8 Å². The molecule has 0 aliphatic heterocycles. The van der Waals surface area contributed by atoms with E-state index in [4.69, 9.17) is 22.1 Å². The zero-order valence-corrected chi connectivity index (χ0v) is 12.2. The van der Waals surface area contributed by atoms with Crippen molar-refractivity contribution in [1.29, 1.82) is 0 Å². The lowest BCUT2D eigenvalue weighted by Crippen LogP contribution is -2.34. The van der Waals surface area contributed by atoms with E-state index in [1.54, 1.807) is 0 Å². The van der Waals surface area contributed by atoms with E-state index in [0.717, 1.165) is 35.8 Å². The van der Waals surface area contributed by atoms with Crippen LogP contribution >= 0.6 is 11.6 Å². The van der Waals surface area contributed by atoms with Crippen molar-refractivity contribution in [2.24, 2.45) is 11.7 Å². The molecular weight excluding hydrogens is 246 g/mol. The van der Waals surface area contributed by atoms with Crippen LogP contribution in [-0.2, 0) is 6.42 Å². The van der Waals surface area contributed by atoms with Gasteiger partial charge in [0.15, 0.2) is 0 Å². The van der Waals surface area contributed by atoms with E-state index in [-0.39, 0.29) is 5.54 Å². The maximum Gasteiger partial charge on any atom is 0.141 e. The normalized spacial score (nSPS) is 15.8. The molecule has 1 aromatic rings. The van der Waals surface area contributed by atoms with Crippen molar-refractivity contribution in [3.63, 3.8) is 0 Å². The summed E-state index contributed by atoms with van der Waals surface area (Å²) >= 11 is 6.30. The topological polar surface area (TPSA) is 35.2 Å². The Morgan fingerprint density at radius 2 is 2.06 bits per heavy atom. The summed E-state index contributed by atoms with van der Waals surface area (Å²) in [5, 5.41) is 0.704. The highest BCUT2D eigenvalue weighted by molar-refractivity contribution is 6.32. The van der Waals surface area contributed by atoms with E-state index in [9.17, 15) is 0 Å². The van der Waals surface area contributed by atoms with E-state index in [2.05, 4.69) is 6.07 Å². The molecule has 0 spiro atoms. The van der Waals surface area contributed by atoms with Crippen molar-refractivity contribution in [3.8, 4) is 5.75 Å². The van der Waals surface area contributed by atoms with Crippen molar-refractivity contribution in [2.75, 3.05) is 6.61 Å². The molecule has 100 valence electrons. The lowest BCUT2D eigenvalue weighted by molar-refractivity contribution is 0.295. The number of rotatable bonds is 5. The largest absolute Gasteiger partial charge is 0.491 e. The highest BCUT2D eigenvalue weighted by atomic mass is 35.5. The summed E-state index contributed by atoms with van der Waals surface area (Å²) < 4.78 is 5.91. The molecule has 0 radical (unpaired) electrons. The van der Waals surface area contributed by atoms with Crippen LogP contribution < -0.4 is 10.5 Å². The molecule has 0 saturated heterocycles. The monoisotopic (exact) mass is 267 g/mol. The molecule has 0 bridgehead atoms. The first-order valence-electron chi connectivity index (χ1n) is 6.56. The molecule has 1 fully saturated rings. The second kappa shape index (κ2) is 5.10. The van der Waals surface area contributed by atoms with Gasteiger partial charge in [-0.2, -0.15) is 0 Å². The molecule has 1 aliphatic carbocycles. The summed E-state index contributed by atoms with van der Waals surface area (Å²) in [6.45, 7) is 6.87. The average molecular weight is 268 g/mol. The standard InChI is InChI=1S/C15H22ClNO/c1-10-6-12(8-15(2,3)17)14(13(16)7-10)18-9-11-4-5-11/h6-7,11H,4-5,8-9,17H2,1-3H3. The van der Waals surface area contributed by atoms with Crippen molar-refractivity contribution >= 4 is 11.6 Å². The van der Waals surface area contributed by atoms with Gasteiger partial charge in [0.05, 0.1) is 11.6 Å². The van der Waals surface area contributed by atoms with E-state index in [1.165, 1.54) is 12.8 Å². The minimum absolute atomic E-state index is 0.255. The van der Waals surface area contributed by atoms with Gasteiger partial charge in [-0.1, -0.05) is 17.7 Å². The highest BCUT2D eigenvalue weighted by Crippen LogP contribution is 2.35. The summed E-state index contributed by atoms with van der Waals surface area (Å²) in [6, 6.07) is 4.08. The maximum atomic E-state index is 6.30. The zero-order valence-electron chi connectivity index (χ0n) is 11.4. The smallest absolute Gasteiger partial charge is 0.141 e. The van der Waals surface area contributed by atoms with Gasteiger partial charge in [0.1, 0.15) is 5.75 Å². The Morgan fingerprint density at radius 3 is 2.61 bits per heavy atom. The van der Waals surface area contributed by atoms with Gasteiger partial charge in [-0.15, -0.1) is 0 Å². The molecule has 1 saturated carbocycles. The lowest BCUT2D eigenvalue weighted by atomic mass is 9.94. The average Bonchev–Trinajstić information content (AvgIpc) is 2.97. The lowest BCUT2D eigenvalue weighted by Gasteiger charge is -2.22. The van der Waals surface area contributed by atoms with E-state index in [0.29, 0.717) is 5.02 Å². The van der Waals surface area contributed by atoms with E-state index < -0.39 is 0 Å². The van der Waals surface area contributed by atoms with Gasteiger partial charge in [-0.05, 0) is 63.1 Å². The molecule has 0 amide bonds. The van der Waals surface area contributed by atoms with Crippen molar-refractivity contribution in [1.82, 2.24) is 0 Å². The predicted molar refractivity (Wildman–Crippen MR) is 76.4 cm³/mol. The molecule has 1 aromatic carbocycles. The van der Waals surface area contributed by atoms with Crippen LogP contribution in [0.25, 0.3) is 0 Å². The Morgan fingerprint density at radius 1 is 1.39 bits per heavy atom. The molecule has 2 rings (SSSR count). The van der Waals surface area contributed by atoms with Crippen LogP contribution in [0.5, 0.6) is 5.75 Å². The van der Waals surface area contributed by atoms with Crippen molar-refractivity contribution in [3.05, 3.63) is 28.3 Å². The number of nitrogens with two attached hydrogens (primary N) is 1. The van der Waals surface area contributed by atoms with Crippen molar-refractivity contribution < 1.29 is 4.74 Å². The fourth-order valence-corrected chi connectivity index (χ4v) is 2.42. The first-order chi connectivity index (χ1) is 8.35. The Bertz CT molecular complexity index is 433. The quantitative estimate of drug-likeness (QED) is 0.883. The highest BCUT2D eigenvalue weighted by Gasteiger charge is 2.24. The van der Waals surface area contributed by atoms with Gasteiger partial charge in [-0.3, -0.25) is 0 Å². The Balaban J connectivity index is 2.22. The number of benzene rings is 1. The number of ether oxygens (including phenoxy) is 1. The third-order valence-corrected chi connectivity index (χ3v) is 3.35. The summed E-state index contributed by atoms with van der Waals surface area (Å²) in [4.78, 5) is 0. The minimum Gasteiger partial charge on any atom is -0.491 e. The number of hydrogen-bond donors (Lipinski definition) is 1. The first-order valence-corrected chi connectivity index (χ1v) is 6.93. The molecular formula is C15H22ClNO. The molecule has 0 atom stereocenters. The summed E-state index contributed by atoms with van der Waals surface area (Å²) in [6.07, 6.45) is 3.33. The Kier molecular flexibility index (Phi) is 3.88. The second-order valence-corrected chi connectivity index (χ2v) is 6.56. The van der Waals surface area contributed by atoms with Crippen LogP contribution in [-0.4, -0.2) is 12.1 Å². The van der Waals surface area contributed by atoms with Crippen LogP contribution in [0.3, 0.4) is 0 Å². The van der Waals surface area contributed by atoms with Crippen LogP contribution in [0.4, 0.5) is 0 Å². The number of aryl methyl sites for hydroxylation is 1. The summed E-state index contributed by atoms with van der Waals surface area (Å²) in [7, 11) is 0. The van der Waals surface area contributed by atoms with E-state index >= 15 is 0 Å².